The third kappa shape index (κ3) is 3.12. The number of carbonyl (C=O) groups is 2. The number of phenolic OH excluding ortho intramolecular Hbond substituents is 1. The fourth-order valence-corrected chi connectivity index (χ4v) is 4.87. The van der Waals surface area contributed by atoms with E-state index in [0.29, 0.717) is 0 Å². The van der Waals surface area contributed by atoms with Crippen molar-refractivity contribution in [3.05, 3.63) is 68.7 Å². The van der Waals surface area contributed by atoms with E-state index in [1.165, 1.54) is 36.4 Å². The van der Waals surface area contributed by atoms with E-state index in [4.69, 9.17) is 25.8 Å². The first-order valence-electron chi connectivity index (χ1n) is 10.3. The molecule has 2 N–H and O–H groups in total. The molecule has 33 heavy (non-hydrogen) atoms. The van der Waals surface area contributed by atoms with E-state index < -0.39 is 40.1 Å². The molecule has 2 aliphatic rings. The number of hydrogen-bond acceptors (Lipinski definition) is 9. The first-order chi connectivity index (χ1) is 15.7. The van der Waals surface area contributed by atoms with E-state index in [0.717, 1.165) is 0 Å². The Morgan fingerprint density at radius 2 is 1.79 bits per heavy atom. The number of ether oxygens (including phenoxy) is 3. The molecular weight excluding hydrogens is 456 g/mol. The normalized spacial score (nSPS) is 24.3. The molecule has 0 radical (unpaired) electrons. The van der Waals surface area contributed by atoms with Crippen molar-refractivity contribution in [2.24, 2.45) is 0 Å². The summed E-state index contributed by atoms with van der Waals surface area (Å²) in [5, 5.41) is 26.3. The maximum atomic E-state index is 13.4. The summed E-state index contributed by atoms with van der Waals surface area (Å²) in [6, 6.07) is 8.78. The van der Waals surface area contributed by atoms with Gasteiger partial charge in [-0.3, -0.25) is 15.4 Å². The van der Waals surface area contributed by atoms with E-state index in [2.05, 4.69) is 5.32 Å². The van der Waals surface area contributed by atoms with Gasteiger partial charge in [0, 0.05) is 16.1 Å². The zero-order chi connectivity index (χ0) is 24.0. The average molecular weight is 477 g/mol. The van der Waals surface area contributed by atoms with Gasteiger partial charge in [0.2, 0.25) is 5.54 Å². The highest BCUT2D eigenvalue weighted by atomic mass is 35.5. The Labute approximate surface area is 193 Å². The van der Waals surface area contributed by atoms with Crippen LogP contribution in [0.4, 0.5) is 0 Å². The Bertz CT molecular complexity index is 1120. The molecule has 0 saturated carbocycles. The molecule has 0 aliphatic carbocycles. The predicted octanol–water partition coefficient (Wildman–Crippen LogP) is 2.70. The van der Waals surface area contributed by atoms with Crippen LogP contribution in [0.1, 0.15) is 36.9 Å². The minimum atomic E-state index is -2.40. The number of esters is 2. The van der Waals surface area contributed by atoms with Crippen LogP contribution in [0.2, 0.25) is 5.02 Å². The minimum Gasteiger partial charge on any atom is -0.508 e. The van der Waals surface area contributed by atoms with Crippen LogP contribution in [0, 0.1) is 10.1 Å². The van der Waals surface area contributed by atoms with Crippen LogP contribution < -0.4 is 10.1 Å². The van der Waals surface area contributed by atoms with Crippen molar-refractivity contribution >= 4 is 23.5 Å². The number of carbonyl (C=O) groups excluding carboxylic acids is 2. The molecule has 2 aromatic carbocycles. The van der Waals surface area contributed by atoms with Crippen molar-refractivity contribution in [3.8, 4) is 11.5 Å². The molecule has 174 valence electrons. The zero-order valence-electron chi connectivity index (χ0n) is 17.7. The van der Waals surface area contributed by atoms with Gasteiger partial charge in [0.1, 0.15) is 23.5 Å². The average Bonchev–Trinajstić information content (AvgIpc) is 3.27. The molecule has 4 rings (SSSR count). The van der Waals surface area contributed by atoms with Crippen molar-refractivity contribution in [2.45, 2.75) is 37.1 Å². The highest BCUT2D eigenvalue weighted by Crippen LogP contribution is 2.61. The van der Waals surface area contributed by atoms with Gasteiger partial charge in [0.05, 0.1) is 18.1 Å². The summed E-state index contributed by atoms with van der Waals surface area (Å²) < 4.78 is 16.3. The first-order valence-corrected chi connectivity index (χ1v) is 10.6. The number of para-hydroxylation sites is 1. The lowest BCUT2D eigenvalue weighted by atomic mass is 9.76. The standard InChI is InChI=1S/C22H21ClN2O8/c1-3-31-19(27)21(20(28)32-4-2)17-14-11-12(23)9-10-16(14)33-22(17,25(29)30)18(24-21)13-7-5-6-8-15(13)26/h5-11,17-18,24,26H,3-4H2,1-2H3/t17-,18-,22-/m0/s1. The molecule has 2 aromatic rings. The highest BCUT2D eigenvalue weighted by molar-refractivity contribution is 6.30. The molecule has 2 aliphatic heterocycles. The van der Waals surface area contributed by atoms with Crippen LogP contribution in [0.15, 0.2) is 42.5 Å². The molecule has 1 fully saturated rings. The smallest absolute Gasteiger partial charge is 0.392 e. The summed E-state index contributed by atoms with van der Waals surface area (Å²) in [5.74, 6) is -3.84. The Morgan fingerprint density at radius 3 is 2.36 bits per heavy atom. The lowest BCUT2D eigenvalue weighted by Gasteiger charge is -2.29. The number of rotatable bonds is 6. The molecule has 0 amide bonds. The number of nitro groups is 1. The lowest BCUT2D eigenvalue weighted by Crippen LogP contribution is -2.60. The maximum absolute atomic E-state index is 13.4. The number of nitrogens with zero attached hydrogens (tertiary/aromatic N) is 1. The fraction of sp³-hybridized carbons (Fsp3) is 0.364. The third-order valence-corrected chi connectivity index (χ3v) is 6.15. The molecule has 0 bridgehead atoms. The number of nitrogens with one attached hydrogen (secondary N) is 1. The number of aromatic hydroxyl groups is 1. The molecule has 1 saturated heterocycles. The Kier molecular flexibility index (Phi) is 5.67. The van der Waals surface area contributed by atoms with Gasteiger partial charge in [-0.15, -0.1) is 0 Å². The number of hydrogen-bond donors (Lipinski definition) is 2. The van der Waals surface area contributed by atoms with E-state index in [-0.39, 0.29) is 40.9 Å². The second-order valence-corrected chi connectivity index (χ2v) is 8.05. The molecule has 3 atom stereocenters. The topological polar surface area (TPSA) is 137 Å². The number of halogens is 1. The van der Waals surface area contributed by atoms with Gasteiger partial charge in [-0.25, -0.2) is 9.59 Å². The van der Waals surface area contributed by atoms with Gasteiger partial charge in [0.15, 0.2) is 0 Å². The van der Waals surface area contributed by atoms with Crippen LogP contribution in [-0.2, 0) is 19.1 Å². The number of fused-ring (bicyclic) bond motifs is 3. The summed E-state index contributed by atoms with van der Waals surface area (Å²) in [6.45, 7) is 2.90. The largest absolute Gasteiger partial charge is 0.508 e. The minimum absolute atomic E-state index is 0.0635. The second kappa shape index (κ2) is 8.20. The predicted molar refractivity (Wildman–Crippen MR) is 115 cm³/mol. The second-order valence-electron chi connectivity index (χ2n) is 7.61. The maximum Gasteiger partial charge on any atom is 0.392 e. The summed E-state index contributed by atoms with van der Waals surface area (Å²) in [7, 11) is 0. The van der Waals surface area contributed by atoms with Gasteiger partial charge in [-0.1, -0.05) is 29.8 Å². The van der Waals surface area contributed by atoms with E-state index in [9.17, 15) is 24.8 Å². The first kappa shape index (κ1) is 22.8. The quantitative estimate of drug-likeness (QED) is 0.279. The monoisotopic (exact) mass is 476 g/mol. The van der Waals surface area contributed by atoms with Crippen LogP contribution in [0.25, 0.3) is 0 Å². The van der Waals surface area contributed by atoms with Crippen molar-refractivity contribution in [1.82, 2.24) is 5.32 Å². The zero-order valence-corrected chi connectivity index (χ0v) is 18.5. The third-order valence-electron chi connectivity index (χ3n) is 5.92. The molecule has 0 aromatic heterocycles. The number of benzene rings is 2. The summed E-state index contributed by atoms with van der Waals surface area (Å²) in [4.78, 5) is 38.8. The fourth-order valence-electron chi connectivity index (χ4n) is 4.69. The van der Waals surface area contributed by atoms with E-state index in [1.54, 1.807) is 19.9 Å². The molecule has 0 unspecified atom stereocenters. The Hall–Kier alpha value is -3.37. The van der Waals surface area contributed by atoms with Gasteiger partial charge in [-0.2, -0.15) is 0 Å². The molecule has 10 nitrogen and oxygen atoms in total. The van der Waals surface area contributed by atoms with Crippen LogP contribution >= 0.6 is 11.6 Å². The van der Waals surface area contributed by atoms with Crippen LogP contribution in [0.3, 0.4) is 0 Å². The van der Waals surface area contributed by atoms with Crippen molar-refractivity contribution in [3.63, 3.8) is 0 Å². The molecule has 2 heterocycles. The summed E-state index contributed by atoms with van der Waals surface area (Å²) in [5.41, 5.74) is -4.51. The summed E-state index contributed by atoms with van der Waals surface area (Å²) >= 11 is 6.17. The van der Waals surface area contributed by atoms with E-state index >= 15 is 0 Å². The van der Waals surface area contributed by atoms with Crippen LogP contribution in [0.5, 0.6) is 11.5 Å². The molecular formula is C22H21ClN2O8. The summed E-state index contributed by atoms with van der Waals surface area (Å²) in [6.07, 6.45) is 0. The van der Waals surface area contributed by atoms with Crippen molar-refractivity contribution < 1.29 is 33.8 Å². The Balaban J connectivity index is 2.07. The van der Waals surface area contributed by atoms with Gasteiger partial charge in [-0.05, 0) is 38.1 Å². The Morgan fingerprint density at radius 1 is 1.15 bits per heavy atom. The van der Waals surface area contributed by atoms with Gasteiger partial charge >= 0.3 is 17.7 Å². The molecule has 11 heteroatoms. The van der Waals surface area contributed by atoms with Crippen LogP contribution in [-0.4, -0.2) is 46.4 Å². The lowest BCUT2D eigenvalue weighted by molar-refractivity contribution is -0.619. The molecule has 0 spiro atoms. The van der Waals surface area contributed by atoms with Gasteiger partial charge < -0.3 is 19.3 Å². The van der Waals surface area contributed by atoms with Crippen molar-refractivity contribution in [1.29, 1.82) is 0 Å². The van der Waals surface area contributed by atoms with Crippen molar-refractivity contribution in [2.75, 3.05) is 13.2 Å². The van der Waals surface area contributed by atoms with Gasteiger partial charge in [0.25, 0.3) is 0 Å². The SMILES string of the molecule is CCOC(=O)C1(C(=O)OCC)N[C@@H](c2ccccc2O)[C@@]2([N+](=O)[O-])Oc3ccc(Cl)cc3[C@@H]12. The highest BCUT2D eigenvalue weighted by Gasteiger charge is 2.82. The number of phenols is 1. The van der Waals surface area contributed by atoms with E-state index in [1.807, 2.05) is 0 Å².